The van der Waals surface area contributed by atoms with Gasteiger partial charge in [-0.15, -0.1) is 11.6 Å². The van der Waals surface area contributed by atoms with Gasteiger partial charge < -0.3 is 0 Å². The fraction of sp³-hybridized carbons (Fsp3) is 0.692. The lowest BCUT2D eigenvalue weighted by molar-refractivity contribution is 0.558. The highest BCUT2D eigenvalue weighted by atomic mass is 35.5. The predicted octanol–water partition coefficient (Wildman–Crippen LogP) is 3.54. The minimum Gasteiger partial charge on any atom is -0.238 e. The van der Waals surface area contributed by atoms with Gasteiger partial charge in [0, 0.05) is 23.2 Å². The molecule has 1 heterocycles. The van der Waals surface area contributed by atoms with Crippen molar-refractivity contribution in [2.24, 2.45) is 5.92 Å². The molecule has 1 unspecified atom stereocenters. The van der Waals surface area contributed by atoms with Crippen LogP contribution in [-0.4, -0.2) is 15.3 Å². The van der Waals surface area contributed by atoms with E-state index in [2.05, 4.69) is 36.8 Å². The molecular formula is C13H21ClN2. The number of aromatic nitrogens is 2. The van der Waals surface area contributed by atoms with E-state index in [-0.39, 0.29) is 5.38 Å². The van der Waals surface area contributed by atoms with E-state index >= 15 is 0 Å². The molecule has 0 N–H and O–H groups in total. The molecule has 1 atom stereocenters. The summed E-state index contributed by atoms with van der Waals surface area (Å²) in [4.78, 5) is 8.80. The van der Waals surface area contributed by atoms with E-state index in [4.69, 9.17) is 11.6 Å². The Morgan fingerprint density at radius 3 is 2.44 bits per heavy atom. The molecule has 3 heteroatoms. The van der Waals surface area contributed by atoms with Crippen molar-refractivity contribution in [3.8, 4) is 0 Å². The summed E-state index contributed by atoms with van der Waals surface area (Å²) in [6.45, 7) is 8.43. The van der Waals surface area contributed by atoms with Crippen molar-refractivity contribution in [2.75, 3.05) is 0 Å². The minimum atomic E-state index is 0.180. The summed E-state index contributed by atoms with van der Waals surface area (Å²) < 4.78 is 0. The van der Waals surface area contributed by atoms with Crippen LogP contribution in [0.1, 0.15) is 44.4 Å². The van der Waals surface area contributed by atoms with Gasteiger partial charge in [0.2, 0.25) is 0 Å². The molecule has 0 aromatic carbocycles. The van der Waals surface area contributed by atoms with Crippen LogP contribution in [0.25, 0.3) is 0 Å². The van der Waals surface area contributed by atoms with E-state index in [9.17, 15) is 0 Å². The van der Waals surface area contributed by atoms with Gasteiger partial charge in [-0.1, -0.05) is 20.8 Å². The molecule has 1 aromatic rings. The van der Waals surface area contributed by atoms with Gasteiger partial charge in [0.1, 0.15) is 5.82 Å². The normalized spacial score (nSPS) is 13.1. The first-order valence-corrected chi connectivity index (χ1v) is 6.42. The zero-order valence-electron chi connectivity index (χ0n) is 10.6. The molecule has 0 aliphatic carbocycles. The van der Waals surface area contributed by atoms with Gasteiger partial charge in [-0.2, -0.15) is 0 Å². The minimum absolute atomic E-state index is 0.180. The van der Waals surface area contributed by atoms with Gasteiger partial charge in [0.25, 0.3) is 0 Å². The number of halogens is 1. The van der Waals surface area contributed by atoms with Gasteiger partial charge >= 0.3 is 0 Å². The second-order valence-electron chi connectivity index (χ2n) is 4.68. The molecule has 0 amide bonds. The molecule has 0 aliphatic heterocycles. The van der Waals surface area contributed by atoms with Crippen LogP contribution >= 0.6 is 11.6 Å². The van der Waals surface area contributed by atoms with Crippen LogP contribution in [0.2, 0.25) is 0 Å². The third-order valence-electron chi connectivity index (χ3n) is 2.46. The average Bonchev–Trinajstić information content (AvgIpc) is 2.14. The first kappa shape index (κ1) is 13.4. The molecule has 16 heavy (non-hydrogen) atoms. The lowest BCUT2D eigenvalue weighted by Crippen LogP contribution is -2.10. The molecule has 0 aliphatic rings. The molecule has 0 fully saturated rings. The number of hydrogen-bond acceptors (Lipinski definition) is 2. The van der Waals surface area contributed by atoms with Gasteiger partial charge in [0.05, 0.1) is 0 Å². The summed E-state index contributed by atoms with van der Waals surface area (Å²) in [5.74, 6) is 1.49. The highest BCUT2D eigenvalue weighted by Crippen LogP contribution is 2.15. The van der Waals surface area contributed by atoms with Crippen molar-refractivity contribution in [1.82, 2.24) is 9.97 Å². The van der Waals surface area contributed by atoms with Crippen molar-refractivity contribution in [1.29, 1.82) is 0 Å². The van der Waals surface area contributed by atoms with Gasteiger partial charge in [-0.05, 0) is 31.7 Å². The first-order chi connectivity index (χ1) is 7.51. The number of rotatable bonds is 5. The van der Waals surface area contributed by atoms with Crippen molar-refractivity contribution in [3.05, 3.63) is 23.3 Å². The first-order valence-electron chi connectivity index (χ1n) is 5.98. The highest BCUT2D eigenvalue weighted by Gasteiger charge is 2.10. The standard InChI is InChI=1S/C13H21ClN2/c1-5-12-8-13(16-10(4)15-12)7-11(14)6-9(2)3/h8-9,11H,5-7H2,1-4H3. The van der Waals surface area contributed by atoms with Crippen LogP contribution in [-0.2, 0) is 12.8 Å². The number of aryl methyl sites for hydroxylation is 2. The van der Waals surface area contributed by atoms with E-state index in [1.807, 2.05) is 6.92 Å². The SMILES string of the molecule is CCc1cc(CC(Cl)CC(C)C)nc(C)n1. The number of alkyl halides is 1. The molecule has 90 valence electrons. The van der Waals surface area contributed by atoms with E-state index in [1.54, 1.807) is 0 Å². The number of hydrogen-bond donors (Lipinski definition) is 0. The predicted molar refractivity (Wildman–Crippen MR) is 68.9 cm³/mol. The van der Waals surface area contributed by atoms with Gasteiger partial charge in [-0.25, -0.2) is 9.97 Å². The fourth-order valence-electron chi connectivity index (χ4n) is 1.80. The van der Waals surface area contributed by atoms with E-state index in [0.717, 1.165) is 36.5 Å². The lowest BCUT2D eigenvalue weighted by Gasteiger charge is -2.12. The molecule has 0 bridgehead atoms. The Bertz CT molecular complexity index is 337. The van der Waals surface area contributed by atoms with Crippen molar-refractivity contribution in [3.63, 3.8) is 0 Å². The number of nitrogens with zero attached hydrogens (tertiary/aromatic N) is 2. The summed E-state index contributed by atoms with van der Waals surface area (Å²) >= 11 is 6.30. The smallest absolute Gasteiger partial charge is 0.125 e. The molecule has 2 nitrogen and oxygen atoms in total. The maximum atomic E-state index is 6.30. The molecule has 1 aromatic heterocycles. The van der Waals surface area contributed by atoms with Crippen LogP contribution in [0.4, 0.5) is 0 Å². The molecule has 0 saturated carbocycles. The summed E-state index contributed by atoms with van der Waals surface area (Å²) in [6, 6.07) is 2.07. The molecule has 0 spiro atoms. The lowest BCUT2D eigenvalue weighted by atomic mass is 10.0. The Morgan fingerprint density at radius 2 is 1.88 bits per heavy atom. The van der Waals surface area contributed by atoms with Gasteiger partial charge in [-0.3, -0.25) is 0 Å². The van der Waals surface area contributed by atoms with Crippen LogP contribution < -0.4 is 0 Å². The Labute approximate surface area is 103 Å². The topological polar surface area (TPSA) is 25.8 Å². The Kier molecular flexibility index (Phi) is 5.20. The molecule has 0 saturated heterocycles. The Hall–Kier alpha value is -0.630. The maximum Gasteiger partial charge on any atom is 0.125 e. The molecule has 1 rings (SSSR count). The third-order valence-corrected chi connectivity index (χ3v) is 2.80. The quantitative estimate of drug-likeness (QED) is 0.736. The van der Waals surface area contributed by atoms with Crippen LogP contribution in [0.5, 0.6) is 0 Å². The Balaban J connectivity index is 2.69. The van der Waals surface area contributed by atoms with Crippen molar-refractivity contribution < 1.29 is 0 Å². The summed E-state index contributed by atoms with van der Waals surface area (Å²) in [6.07, 6.45) is 2.83. The van der Waals surface area contributed by atoms with E-state index in [0.29, 0.717) is 5.92 Å². The average molecular weight is 241 g/mol. The summed E-state index contributed by atoms with van der Waals surface area (Å²) in [5.41, 5.74) is 2.18. The molecular weight excluding hydrogens is 220 g/mol. The second kappa shape index (κ2) is 6.19. The monoisotopic (exact) mass is 240 g/mol. The van der Waals surface area contributed by atoms with Crippen molar-refractivity contribution in [2.45, 2.75) is 52.3 Å². The molecule has 0 radical (unpaired) electrons. The van der Waals surface area contributed by atoms with Crippen LogP contribution in [0.15, 0.2) is 6.07 Å². The van der Waals surface area contributed by atoms with Crippen molar-refractivity contribution >= 4 is 11.6 Å². The second-order valence-corrected chi connectivity index (χ2v) is 5.30. The van der Waals surface area contributed by atoms with E-state index < -0.39 is 0 Å². The largest absolute Gasteiger partial charge is 0.238 e. The van der Waals surface area contributed by atoms with Gasteiger partial charge in [0.15, 0.2) is 0 Å². The van der Waals surface area contributed by atoms with Crippen LogP contribution in [0, 0.1) is 12.8 Å². The third kappa shape index (κ3) is 4.48. The maximum absolute atomic E-state index is 6.30. The van der Waals surface area contributed by atoms with E-state index in [1.165, 1.54) is 0 Å². The highest BCUT2D eigenvalue weighted by molar-refractivity contribution is 6.20. The van der Waals surface area contributed by atoms with Crippen LogP contribution in [0.3, 0.4) is 0 Å². The zero-order chi connectivity index (χ0) is 12.1. The fourth-order valence-corrected chi connectivity index (χ4v) is 2.32. The zero-order valence-corrected chi connectivity index (χ0v) is 11.4. The summed E-state index contributed by atoms with van der Waals surface area (Å²) in [5, 5.41) is 0.180. The summed E-state index contributed by atoms with van der Waals surface area (Å²) in [7, 11) is 0. The Morgan fingerprint density at radius 1 is 1.25 bits per heavy atom.